The van der Waals surface area contributed by atoms with E-state index in [4.69, 9.17) is 0 Å². The normalized spacial score (nSPS) is 25.5. The van der Waals surface area contributed by atoms with Crippen molar-refractivity contribution in [3.63, 3.8) is 0 Å². The molecule has 0 saturated heterocycles. The third-order valence-electron chi connectivity index (χ3n) is 4.73. The molecule has 0 heterocycles. The first kappa shape index (κ1) is 21.5. The lowest BCUT2D eigenvalue weighted by Gasteiger charge is -2.27. The van der Waals surface area contributed by atoms with Crippen LogP contribution >= 0.6 is 24.0 Å². The number of rotatable bonds is 5. The van der Waals surface area contributed by atoms with E-state index in [-0.39, 0.29) is 42.5 Å². The molecule has 0 spiro atoms. The van der Waals surface area contributed by atoms with Crippen LogP contribution in [0.25, 0.3) is 0 Å². The summed E-state index contributed by atoms with van der Waals surface area (Å²) >= 11 is 0. The van der Waals surface area contributed by atoms with Gasteiger partial charge in [-0.05, 0) is 45.4 Å². The first-order valence-electron chi connectivity index (χ1n) is 9.19. The molecule has 0 bridgehead atoms. The third-order valence-corrected chi connectivity index (χ3v) is 4.73. The van der Waals surface area contributed by atoms with Crippen molar-refractivity contribution in [3.05, 3.63) is 0 Å². The second-order valence-corrected chi connectivity index (χ2v) is 6.75. The first-order valence-corrected chi connectivity index (χ1v) is 9.19. The van der Waals surface area contributed by atoms with Crippen molar-refractivity contribution in [3.8, 4) is 0 Å². The number of hydrogen-bond donors (Lipinski definition) is 4. The second kappa shape index (κ2) is 11.9. The highest BCUT2D eigenvalue weighted by Gasteiger charge is 2.20. The minimum absolute atomic E-state index is 0. The molecule has 6 nitrogen and oxygen atoms in total. The summed E-state index contributed by atoms with van der Waals surface area (Å²) in [6.07, 6.45) is 9.30. The number of carbonyl (C=O) groups is 1. The summed E-state index contributed by atoms with van der Waals surface area (Å²) in [5.41, 5.74) is 0. The molecule has 2 fully saturated rings. The average Bonchev–Trinajstić information content (AvgIpc) is 2.56. The molecule has 0 radical (unpaired) electrons. The molecule has 0 unspecified atom stereocenters. The van der Waals surface area contributed by atoms with Gasteiger partial charge in [0, 0.05) is 18.6 Å². The number of nitrogens with zero attached hydrogens (tertiary/aromatic N) is 1. The summed E-state index contributed by atoms with van der Waals surface area (Å²) in [4.78, 5) is 16.5. The van der Waals surface area contributed by atoms with Gasteiger partial charge < -0.3 is 21.1 Å². The molecule has 0 aliphatic heterocycles. The zero-order chi connectivity index (χ0) is 16.5. The molecule has 140 valence electrons. The zero-order valence-corrected chi connectivity index (χ0v) is 17.1. The fourth-order valence-electron chi connectivity index (χ4n) is 3.40. The van der Waals surface area contributed by atoms with Gasteiger partial charge in [0.1, 0.15) is 6.54 Å². The minimum atomic E-state index is -0.158. The summed E-state index contributed by atoms with van der Waals surface area (Å²) in [6, 6.07) is 0.666. The van der Waals surface area contributed by atoms with Crippen LogP contribution in [-0.2, 0) is 4.79 Å². The third kappa shape index (κ3) is 8.00. The number of halogens is 1. The van der Waals surface area contributed by atoms with Gasteiger partial charge in [-0.1, -0.05) is 19.3 Å². The van der Waals surface area contributed by atoms with Crippen molar-refractivity contribution >= 4 is 35.8 Å². The highest BCUT2D eigenvalue weighted by Crippen LogP contribution is 2.18. The van der Waals surface area contributed by atoms with Gasteiger partial charge in [-0.15, -0.1) is 24.0 Å². The molecule has 2 saturated carbocycles. The highest BCUT2D eigenvalue weighted by atomic mass is 127. The van der Waals surface area contributed by atoms with Gasteiger partial charge in [-0.3, -0.25) is 4.79 Å². The summed E-state index contributed by atoms with van der Waals surface area (Å²) < 4.78 is 0. The Morgan fingerprint density at radius 2 is 1.62 bits per heavy atom. The van der Waals surface area contributed by atoms with Crippen LogP contribution in [0.3, 0.4) is 0 Å². The van der Waals surface area contributed by atoms with Gasteiger partial charge in [0.05, 0.1) is 6.10 Å². The average molecular weight is 452 g/mol. The van der Waals surface area contributed by atoms with Crippen LogP contribution in [0.5, 0.6) is 0 Å². The van der Waals surface area contributed by atoms with Crippen molar-refractivity contribution < 1.29 is 9.90 Å². The Kier molecular flexibility index (Phi) is 10.6. The van der Waals surface area contributed by atoms with Crippen LogP contribution in [0.4, 0.5) is 0 Å². The van der Waals surface area contributed by atoms with Crippen LogP contribution in [0.1, 0.15) is 64.7 Å². The highest BCUT2D eigenvalue weighted by molar-refractivity contribution is 14.0. The predicted molar refractivity (Wildman–Crippen MR) is 108 cm³/mol. The van der Waals surface area contributed by atoms with E-state index in [1.54, 1.807) is 0 Å². The Hall–Kier alpha value is -0.570. The molecule has 0 atom stereocenters. The van der Waals surface area contributed by atoms with E-state index in [2.05, 4.69) is 20.9 Å². The molecule has 0 aromatic carbocycles. The van der Waals surface area contributed by atoms with E-state index in [0.717, 1.165) is 45.1 Å². The molecule has 24 heavy (non-hydrogen) atoms. The smallest absolute Gasteiger partial charge is 0.242 e. The largest absolute Gasteiger partial charge is 0.393 e. The SMILES string of the molecule is CCNC(=NCC(=O)NC1CCCCC1)NC1CCC(O)CC1.I. The quantitative estimate of drug-likeness (QED) is 0.292. The monoisotopic (exact) mass is 452 g/mol. The predicted octanol–water partition coefficient (Wildman–Crippen LogP) is 1.91. The number of aliphatic hydroxyl groups excluding tert-OH is 1. The Morgan fingerprint density at radius 1 is 1.00 bits per heavy atom. The van der Waals surface area contributed by atoms with E-state index in [0.29, 0.717) is 18.0 Å². The molecule has 2 rings (SSSR count). The molecule has 7 heteroatoms. The fraction of sp³-hybridized carbons (Fsp3) is 0.882. The van der Waals surface area contributed by atoms with Crippen LogP contribution in [-0.4, -0.2) is 48.3 Å². The molecule has 0 aromatic rings. The molecule has 4 N–H and O–H groups in total. The van der Waals surface area contributed by atoms with Crippen molar-refractivity contribution in [2.45, 2.75) is 82.9 Å². The Bertz CT molecular complexity index is 392. The number of amides is 1. The maximum absolute atomic E-state index is 12.0. The maximum Gasteiger partial charge on any atom is 0.242 e. The van der Waals surface area contributed by atoms with Gasteiger partial charge >= 0.3 is 0 Å². The van der Waals surface area contributed by atoms with Crippen molar-refractivity contribution in [1.29, 1.82) is 0 Å². The fourth-order valence-corrected chi connectivity index (χ4v) is 3.40. The van der Waals surface area contributed by atoms with Gasteiger partial charge in [-0.25, -0.2) is 4.99 Å². The Balaban J connectivity index is 0.00000288. The van der Waals surface area contributed by atoms with Gasteiger partial charge in [0.25, 0.3) is 0 Å². The standard InChI is InChI=1S/C17H32N4O2.HI/c1-2-18-17(21-14-8-10-15(22)11-9-14)19-12-16(23)20-13-6-4-3-5-7-13;/h13-15,22H,2-12H2,1H3,(H,20,23)(H2,18,19,21);1H. The van der Waals surface area contributed by atoms with Gasteiger partial charge in [0.15, 0.2) is 5.96 Å². The number of aliphatic imine (C=N–C) groups is 1. The molecule has 2 aliphatic rings. The van der Waals surface area contributed by atoms with Crippen LogP contribution < -0.4 is 16.0 Å². The lowest BCUT2D eigenvalue weighted by atomic mass is 9.93. The van der Waals surface area contributed by atoms with E-state index >= 15 is 0 Å². The van der Waals surface area contributed by atoms with Crippen LogP contribution in [0.15, 0.2) is 4.99 Å². The molecule has 2 aliphatic carbocycles. The van der Waals surface area contributed by atoms with Crippen molar-refractivity contribution in [1.82, 2.24) is 16.0 Å². The van der Waals surface area contributed by atoms with Crippen molar-refractivity contribution in [2.75, 3.05) is 13.1 Å². The Morgan fingerprint density at radius 3 is 2.25 bits per heavy atom. The van der Waals surface area contributed by atoms with Crippen molar-refractivity contribution in [2.24, 2.45) is 4.99 Å². The van der Waals surface area contributed by atoms with E-state index in [1.165, 1.54) is 19.3 Å². The lowest BCUT2D eigenvalue weighted by Crippen LogP contribution is -2.46. The number of carbonyl (C=O) groups excluding carboxylic acids is 1. The Labute approximate surface area is 162 Å². The van der Waals surface area contributed by atoms with Gasteiger partial charge in [-0.2, -0.15) is 0 Å². The van der Waals surface area contributed by atoms with Crippen LogP contribution in [0.2, 0.25) is 0 Å². The first-order chi connectivity index (χ1) is 11.2. The topological polar surface area (TPSA) is 85.8 Å². The lowest BCUT2D eigenvalue weighted by molar-refractivity contribution is -0.120. The molecule has 1 amide bonds. The zero-order valence-electron chi connectivity index (χ0n) is 14.7. The van der Waals surface area contributed by atoms with Crippen LogP contribution in [0, 0.1) is 0 Å². The molecular formula is C17H33IN4O2. The maximum atomic E-state index is 12.0. The van der Waals surface area contributed by atoms with Gasteiger partial charge in [0.2, 0.25) is 5.91 Å². The molecule has 0 aromatic heterocycles. The summed E-state index contributed by atoms with van der Waals surface area (Å²) in [5.74, 6) is 0.709. The summed E-state index contributed by atoms with van der Waals surface area (Å²) in [5, 5.41) is 19.2. The minimum Gasteiger partial charge on any atom is -0.393 e. The number of nitrogens with one attached hydrogen (secondary N) is 3. The van der Waals surface area contributed by atoms with E-state index in [9.17, 15) is 9.90 Å². The number of hydrogen-bond acceptors (Lipinski definition) is 3. The second-order valence-electron chi connectivity index (χ2n) is 6.75. The summed E-state index contributed by atoms with van der Waals surface area (Å²) in [7, 11) is 0. The number of aliphatic hydroxyl groups is 1. The molecular weight excluding hydrogens is 419 g/mol. The summed E-state index contributed by atoms with van der Waals surface area (Å²) in [6.45, 7) is 2.95. The van der Waals surface area contributed by atoms with E-state index in [1.807, 2.05) is 6.92 Å². The van der Waals surface area contributed by atoms with E-state index < -0.39 is 0 Å². The number of guanidine groups is 1.